The Labute approximate surface area is 178 Å². The first-order valence-electron chi connectivity index (χ1n) is 8.12. The van der Waals surface area contributed by atoms with Crippen molar-refractivity contribution >= 4 is 34.8 Å². The second kappa shape index (κ2) is 7.75. The van der Waals surface area contributed by atoms with Gasteiger partial charge in [-0.15, -0.1) is 5.10 Å². The predicted octanol–water partition coefficient (Wildman–Crippen LogP) is 6.10. The van der Waals surface area contributed by atoms with Crippen LogP contribution in [0.5, 0.6) is 0 Å². The van der Waals surface area contributed by atoms with Crippen molar-refractivity contribution in [3.05, 3.63) is 62.7 Å². The Bertz CT molecular complexity index is 1040. The van der Waals surface area contributed by atoms with Crippen LogP contribution >= 0.6 is 34.8 Å². The molecule has 0 saturated carbocycles. The second-order valence-electron chi connectivity index (χ2n) is 6.35. The van der Waals surface area contributed by atoms with Gasteiger partial charge in [-0.2, -0.15) is 13.2 Å². The number of aromatic nitrogens is 3. The average Bonchev–Trinajstić information content (AvgIpc) is 3.10. The highest BCUT2D eigenvalue weighted by Crippen LogP contribution is 2.44. The molecule has 0 spiro atoms. The molecule has 3 rings (SSSR count). The minimum atomic E-state index is -5.13. The first-order chi connectivity index (χ1) is 13.5. The summed E-state index contributed by atoms with van der Waals surface area (Å²) in [6.45, 7) is 0.624. The van der Waals surface area contributed by atoms with Crippen LogP contribution in [0.4, 0.5) is 17.6 Å². The molecule has 0 aliphatic carbocycles. The van der Waals surface area contributed by atoms with Crippen LogP contribution in [0.2, 0.25) is 15.1 Å². The number of alkyl halides is 4. The minimum absolute atomic E-state index is 0.0711. The van der Waals surface area contributed by atoms with Gasteiger partial charge in [0, 0.05) is 22.7 Å². The summed E-state index contributed by atoms with van der Waals surface area (Å²) in [4.78, 5) is 0. The van der Waals surface area contributed by atoms with Crippen LogP contribution in [0.15, 0.2) is 36.5 Å². The highest BCUT2D eigenvalue weighted by atomic mass is 35.5. The third kappa shape index (κ3) is 4.07. The number of hydrogen-bond donors (Lipinski definition) is 1. The predicted molar refractivity (Wildman–Crippen MR) is 104 cm³/mol. The van der Waals surface area contributed by atoms with Gasteiger partial charge in [0.05, 0.1) is 16.2 Å². The van der Waals surface area contributed by atoms with E-state index >= 15 is 0 Å². The maximum atomic E-state index is 14.3. The summed E-state index contributed by atoms with van der Waals surface area (Å²) in [5, 5.41) is 8.02. The lowest BCUT2D eigenvalue weighted by atomic mass is 9.97. The van der Waals surface area contributed by atoms with Crippen molar-refractivity contribution in [2.24, 2.45) is 5.73 Å². The fraction of sp³-hybridized carbons (Fsp3) is 0.222. The molecule has 4 nitrogen and oxygen atoms in total. The van der Waals surface area contributed by atoms with E-state index in [1.807, 2.05) is 0 Å². The molecule has 11 heteroatoms. The van der Waals surface area contributed by atoms with E-state index in [2.05, 4.69) is 10.3 Å². The normalized spacial score (nSPS) is 14.1. The van der Waals surface area contributed by atoms with Gasteiger partial charge in [-0.1, -0.05) is 46.1 Å². The Morgan fingerprint density at radius 1 is 1.00 bits per heavy atom. The molecule has 0 saturated heterocycles. The molecule has 2 N–H and O–H groups in total. The fourth-order valence-electron chi connectivity index (χ4n) is 2.61. The van der Waals surface area contributed by atoms with Crippen molar-refractivity contribution in [3.63, 3.8) is 0 Å². The first-order valence-corrected chi connectivity index (χ1v) is 9.26. The molecule has 0 amide bonds. The van der Waals surface area contributed by atoms with E-state index in [0.29, 0.717) is 28.8 Å². The smallest absolute Gasteiger partial charge is 0.326 e. The molecule has 0 bridgehead atoms. The lowest BCUT2D eigenvalue weighted by Gasteiger charge is -2.25. The second-order valence-corrected chi connectivity index (χ2v) is 7.57. The van der Waals surface area contributed by atoms with Crippen molar-refractivity contribution < 1.29 is 17.6 Å². The number of nitrogens with zero attached hydrogens (tertiary/aromatic N) is 3. The van der Waals surface area contributed by atoms with Crippen molar-refractivity contribution in [1.29, 1.82) is 0 Å². The van der Waals surface area contributed by atoms with E-state index in [0.717, 1.165) is 12.1 Å². The molecule has 1 heterocycles. The molecule has 154 valence electrons. The van der Waals surface area contributed by atoms with Gasteiger partial charge in [0.1, 0.15) is 11.4 Å². The summed E-state index contributed by atoms with van der Waals surface area (Å²) >= 11 is 18.3. The number of hydrogen-bond acceptors (Lipinski definition) is 3. The average molecular weight is 468 g/mol. The number of halogens is 7. The van der Waals surface area contributed by atoms with Gasteiger partial charge in [-0.25, -0.2) is 9.07 Å². The monoisotopic (exact) mass is 466 g/mol. The summed E-state index contributed by atoms with van der Waals surface area (Å²) in [7, 11) is 0. The zero-order valence-electron chi connectivity index (χ0n) is 14.7. The molecular formula is C18H13Cl3F4N4. The van der Waals surface area contributed by atoms with E-state index in [9.17, 15) is 17.6 Å². The van der Waals surface area contributed by atoms with E-state index < -0.39 is 17.4 Å². The SMILES string of the molecule is CC(F)(c1cc(Cl)c(-n2cc(-c3ccc(Cl)c(CN)c3)nn2)c(Cl)c1)C(F)(F)F. The van der Waals surface area contributed by atoms with E-state index in [-0.39, 0.29) is 22.3 Å². The number of nitrogens with two attached hydrogens (primary N) is 1. The van der Waals surface area contributed by atoms with Crippen molar-refractivity contribution in [3.8, 4) is 16.9 Å². The summed E-state index contributed by atoms with van der Waals surface area (Å²) in [5.74, 6) is 0. The Morgan fingerprint density at radius 3 is 2.17 bits per heavy atom. The molecular weight excluding hydrogens is 455 g/mol. The van der Waals surface area contributed by atoms with Crippen LogP contribution < -0.4 is 5.73 Å². The quantitative estimate of drug-likeness (QED) is 0.472. The third-order valence-corrected chi connectivity index (χ3v) is 5.32. The lowest BCUT2D eigenvalue weighted by Crippen LogP contribution is -2.35. The Hall–Kier alpha value is -1.87. The van der Waals surface area contributed by atoms with E-state index in [4.69, 9.17) is 40.5 Å². The largest absolute Gasteiger partial charge is 0.426 e. The summed E-state index contributed by atoms with van der Waals surface area (Å²) in [6, 6.07) is 6.84. The van der Waals surface area contributed by atoms with Gasteiger partial charge < -0.3 is 5.73 Å². The molecule has 0 radical (unpaired) electrons. The van der Waals surface area contributed by atoms with Crippen LogP contribution in [0.25, 0.3) is 16.9 Å². The highest BCUT2D eigenvalue weighted by Gasteiger charge is 2.53. The Balaban J connectivity index is 2.03. The zero-order chi connectivity index (χ0) is 21.6. The summed E-state index contributed by atoms with van der Waals surface area (Å²) in [6.07, 6.45) is -3.65. The van der Waals surface area contributed by atoms with Crippen LogP contribution in [0.1, 0.15) is 18.1 Å². The van der Waals surface area contributed by atoms with E-state index in [1.54, 1.807) is 18.2 Å². The summed E-state index contributed by atoms with van der Waals surface area (Å²) in [5.41, 5.74) is 3.18. The molecule has 1 unspecified atom stereocenters. The van der Waals surface area contributed by atoms with Gasteiger partial charge in [0.2, 0.25) is 5.67 Å². The minimum Gasteiger partial charge on any atom is -0.326 e. The van der Waals surface area contributed by atoms with Crippen LogP contribution in [0.3, 0.4) is 0 Å². The molecule has 0 aliphatic heterocycles. The fourth-order valence-corrected chi connectivity index (χ4v) is 3.47. The van der Waals surface area contributed by atoms with Crippen molar-refractivity contribution in [2.75, 3.05) is 0 Å². The maximum Gasteiger partial charge on any atom is 0.426 e. The van der Waals surface area contributed by atoms with Gasteiger partial charge >= 0.3 is 6.18 Å². The standard InChI is InChI=1S/C18H13Cl3F4N4/c1-17(22,18(23,24)25)11-5-13(20)16(14(21)6-11)29-8-15(27-28-29)9-2-3-12(19)10(4-9)7-26/h2-6,8H,7,26H2,1H3. The molecule has 3 aromatic rings. The van der Waals surface area contributed by atoms with Gasteiger partial charge in [-0.3, -0.25) is 0 Å². The third-order valence-electron chi connectivity index (χ3n) is 4.38. The first kappa shape index (κ1) is 21.8. The van der Waals surface area contributed by atoms with Crippen molar-refractivity contribution in [1.82, 2.24) is 15.0 Å². The topological polar surface area (TPSA) is 56.7 Å². The molecule has 1 atom stereocenters. The number of rotatable bonds is 4. The van der Waals surface area contributed by atoms with Gasteiger partial charge in [0.25, 0.3) is 0 Å². The lowest BCUT2D eigenvalue weighted by molar-refractivity contribution is -0.228. The molecule has 1 aromatic heterocycles. The number of benzene rings is 2. The van der Waals surface area contributed by atoms with Crippen LogP contribution in [0, 0.1) is 0 Å². The molecule has 29 heavy (non-hydrogen) atoms. The van der Waals surface area contributed by atoms with E-state index in [1.165, 1.54) is 10.9 Å². The van der Waals surface area contributed by atoms with Crippen LogP contribution in [-0.4, -0.2) is 21.2 Å². The Morgan fingerprint density at radius 2 is 1.62 bits per heavy atom. The summed E-state index contributed by atoms with van der Waals surface area (Å²) < 4.78 is 54.4. The maximum absolute atomic E-state index is 14.3. The molecule has 0 aliphatic rings. The van der Waals surface area contributed by atoms with Gasteiger partial charge in [-0.05, 0) is 36.8 Å². The van der Waals surface area contributed by atoms with Crippen molar-refractivity contribution in [2.45, 2.75) is 25.3 Å². The van der Waals surface area contributed by atoms with Gasteiger partial charge in [0.15, 0.2) is 0 Å². The highest BCUT2D eigenvalue weighted by molar-refractivity contribution is 6.37. The Kier molecular flexibility index (Phi) is 5.84. The molecule has 0 fully saturated rings. The molecule has 2 aromatic carbocycles. The van der Waals surface area contributed by atoms with Crippen LogP contribution in [-0.2, 0) is 12.2 Å². The zero-order valence-corrected chi connectivity index (χ0v) is 17.0.